The van der Waals surface area contributed by atoms with Gasteiger partial charge in [0, 0.05) is 16.7 Å². The number of benzene rings is 10. The molecule has 10 aromatic carbocycles. The minimum atomic E-state index is 0.618. The molecular formula is C65H45N3. The van der Waals surface area contributed by atoms with Gasteiger partial charge in [-0.2, -0.15) is 0 Å². The molecule has 1 aromatic heterocycles. The maximum absolute atomic E-state index is 5.28. The Morgan fingerprint density at radius 2 is 0.618 bits per heavy atom. The number of fused-ring (bicyclic) bond motifs is 3. The van der Waals surface area contributed by atoms with Gasteiger partial charge in [0.25, 0.3) is 0 Å². The van der Waals surface area contributed by atoms with Crippen molar-refractivity contribution in [2.75, 3.05) is 0 Å². The molecule has 1 aliphatic rings. The smallest absolute Gasteiger partial charge is 0.164 e. The summed E-state index contributed by atoms with van der Waals surface area (Å²) >= 11 is 0. The van der Waals surface area contributed by atoms with E-state index in [0.29, 0.717) is 17.5 Å². The average molecular weight is 868 g/mol. The van der Waals surface area contributed by atoms with Crippen molar-refractivity contribution < 1.29 is 0 Å². The monoisotopic (exact) mass is 867 g/mol. The van der Waals surface area contributed by atoms with E-state index in [4.69, 9.17) is 15.0 Å². The third-order valence-corrected chi connectivity index (χ3v) is 13.2. The quantitative estimate of drug-likeness (QED) is 0.145. The highest BCUT2D eigenvalue weighted by molar-refractivity contribution is 6.01. The fourth-order valence-electron chi connectivity index (χ4n) is 9.70. The van der Waals surface area contributed by atoms with Gasteiger partial charge >= 0.3 is 0 Å². The molecule has 1 aliphatic carbocycles. The van der Waals surface area contributed by atoms with Crippen LogP contribution < -0.4 is 0 Å². The second-order valence-electron chi connectivity index (χ2n) is 17.5. The molecule has 68 heavy (non-hydrogen) atoms. The van der Waals surface area contributed by atoms with Crippen molar-refractivity contribution in [2.45, 2.75) is 12.8 Å². The number of aromatic nitrogens is 3. The summed E-state index contributed by atoms with van der Waals surface area (Å²) in [5, 5.41) is 2.58. The van der Waals surface area contributed by atoms with Crippen LogP contribution in [0.15, 0.2) is 243 Å². The van der Waals surface area contributed by atoms with Crippen molar-refractivity contribution in [3.8, 4) is 101 Å². The van der Waals surface area contributed by atoms with Gasteiger partial charge in [0.1, 0.15) is 0 Å². The van der Waals surface area contributed by atoms with Crippen LogP contribution in [0.25, 0.3) is 118 Å². The lowest BCUT2D eigenvalue weighted by atomic mass is 9.87. The lowest BCUT2D eigenvalue weighted by molar-refractivity contribution is 0.997. The molecule has 3 nitrogen and oxygen atoms in total. The zero-order chi connectivity index (χ0) is 45.2. The normalized spacial score (nSPS) is 11.9. The van der Waals surface area contributed by atoms with Gasteiger partial charge in [0.15, 0.2) is 17.5 Å². The van der Waals surface area contributed by atoms with Gasteiger partial charge in [-0.15, -0.1) is 0 Å². The van der Waals surface area contributed by atoms with Crippen LogP contribution in [0.5, 0.6) is 0 Å². The molecule has 0 saturated carbocycles. The molecular weight excluding hydrogens is 823 g/mol. The van der Waals surface area contributed by atoms with Crippen molar-refractivity contribution in [1.29, 1.82) is 0 Å². The van der Waals surface area contributed by atoms with Crippen LogP contribution in [-0.4, -0.2) is 15.0 Å². The molecule has 11 aromatic rings. The van der Waals surface area contributed by atoms with Gasteiger partial charge in [0.2, 0.25) is 0 Å². The van der Waals surface area contributed by atoms with E-state index in [1.807, 2.05) is 0 Å². The minimum Gasteiger partial charge on any atom is -0.208 e. The average Bonchev–Trinajstić information content (AvgIpc) is 3.43. The zero-order valence-electron chi connectivity index (χ0n) is 37.4. The highest BCUT2D eigenvalue weighted by Crippen LogP contribution is 2.38. The number of nitrogens with zero attached hydrogens (tertiary/aromatic N) is 3. The van der Waals surface area contributed by atoms with Gasteiger partial charge in [-0.3, -0.25) is 0 Å². The van der Waals surface area contributed by atoms with Crippen LogP contribution in [0, 0.1) is 0 Å². The van der Waals surface area contributed by atoms with Gasteiger partial charge in [-0.25, -0.2) is 15.0 Å². The second kappa shape index (κ2) is 17.9. The molecule has 0 N–H and O–H groups in total. The van der Waals surface area contributed by atoms with Crippen molar-refractivity contribution in [3.63, 3.8) is 0 Å². The van der Waals surface area contributed by atoms with Gasteiger partial charge in [-0.1, -0.05) is 212 Å². The predicted octanol–water partition coefficient (Wildman–Crippen LogP) is 17.0. The Morgan fingerprint density at radius 3 is 1.13 bits per heavy atom. The first-order chi connectivity index (χ1) is 33.7. The maximum Gasteiger partial charge on any atom is 0.164 e. The van der Waals surface area contributed by atoms with E-state index < -0.39 is 0 Å². The van der Waals surface area contributed by atoms with E-state index in [9.17, 15) is 0 Å². The van der Waals surface area contributed by atoms with E-state index in [-0.39, 0.29) is 0 Å². The third-order valence-electron chi connectivity index (χ3n) is 13.2. The van der Waals surface area contributed by atoms with Crippen molar-refractivity contribution in [3.05, 3.63) is 254 Å². The summed E-state index contributed by atoms with van der Waals surface area (Å²) in [7, 11) is 0. The molecule has 0 spiro atoms. The van der Waals surface area contributed by atoms with Crippen LogP contribution in [0.1, 0.15) is 17.5 Å². The molecule has 0 amide bonds. The Labute approximate surface area is 397 Å². The molecule has 320 valence electrons. The highest BCUT2D eigenvalue weighted by Gasteiger charge is 2.18. The van der Waals surface area contributed by atoms with Crippen molar-refractivity contribution in [1.82, 2.24) is 15.0 Å². The fraction of sp³-hybridized carbons (Fsp3) is 0.0308. The Bertz CT molecular complexity index is 3670. The topological polar surface area (TPSA) is 38.7 Å². The standard InChI is InChI=1S/C65H45N3/c1-3-16-44(17-4-1)48-21-11-23-50(38-48)46-34-36-47(37-35-46)63-66-64(57-29-14-27-54(41-57)53-26-13-25-52(40-53)51-24-12-22-49(39-51)45-18-5-2-6-19-45)68-65(67-63)58-30-15-28-55(42-58)62-43-56-20-7-8-31-59(56)60-32-9-10-33-61(60)62/h1-7,9-30,32-43H,8,31H2. The Balaban J connectivity index is 0.945. The summed E-state index contributed by atoms with van der Waals surface area (Å²) < 4.78 is 0. The molecule has 0 bridgehead atoms. The van der Waals surface area contributed by atoms with E-state index in [2.05, 4.69) is 249 Å². The van der Waals surface area contributed by atoms with Crippen LogP contribution in [0.2, 0.25) is 0 Å². The number of aryl methyl sites for hydroxylation is 1. The highest BCUT2D eigenvalue weighted by atomic mass is 15.0. The Hall–Kier alpha value is -8.79. The van der Waals surface area contributed by atoms with Crippen LogP contribution in [0.3, 0.4) is 0 Å². The van der Waals surface area contributed by atoms with Gasteiger partial charge in [-0.05, 0) is 138 Å². The summed E-state index contributed by atoms with van der Waals surface area (Å²) in [4.78, 5) is 15.8. The van der Waals surface area contributed by atoms with Crippen LogP contribution in [-0.2, 0) is 6.42 Å². The van der Waals surface area contributed by atoms with E-state index >= 15 is 0 Å². The SMILES string of the molecule is C1=Cc2cc(-c3cccc(-c4nc(-c5ccc(-c6cccc(-c7ccccc7)c6)cc5)nc(-c5cccc(-c6cccc(-c7cccc(-c8ccccc8)c7)c6)c5)n4)c3)c3ccccc3c2CC1. The molecule has 3 heteroatoms. The second-order valence-corrected chi connectivity index (χ2v) is 17.5. The molecule has 12 rings (SSSR count). The predicted molar refractivity (Wildman–Crippen MR) is 284 cm³/mol. The van der Waals surface area contributed by atoms with Crippen molar-refractivity contribution in [2.24, 2.45) is 0 Å². The summed E-state index contributed by atoms with van der Waals surface area (Å²) in [6.07, 6.45) is 6.69. The lowest BCUT2D eigenvalue weighted by Gasteiger charge is -2.18. The van der Waals surface area contributed by atoms with E-state index in [1.165, 1.54) is 55.3 Å². The first-order valence-corrected chi connectivity index (χ1v) is 23.4. The summed E-state index contributed by atoms with van der Waals surface area (Å²) in [6.45, 7) is 0. The molecule has 0 atom stereocenters. The molecule has 0 aliphatic heterocycles. The first kappa shape index (κ1) is 40.7. The number of rotatable bonds is 9. The van der Waals surface area contributed by atoms with E-state index in [0.717, 1.165) is 62.9 Å². The van der Waals surface area contributed by atoms with Crippen LogP contribution >= 0.6 is 0 Å². The number of hydrogen-bond donors (Lipinski definition) is 0. The largest absolute Gasteiger partial charge is 0.208 e. The van der Waals surface area contributed by atoms with E-state index in [1.54, 1.807) is 0 Å². The van der Waals surface area contributed by atoms with Gasteiger partial charge < -0.3 is 0 Å². The summed E-state index contributed by atoms with van der Waals surface area (Å²) in [6, 6.07) is 84.3. The molecule has 0 unspecified atom stereocenters. The Kier molecular flexibility index (Phi) is 10.7. The summed E-state index contributed by atoms with van der Waals surface area (Å²) in [5.74, 6) is 1.86. The molecule has 0 saturated heterocycles. The number of allylic oxidation sites excluding steroid dienone is 1. The fourth-order valence-corrected chi connectivity index (χ4v) is 9.70. The molecule has 0 fully saturated rings. The lowest BCUT2D eigenvalue weighted by Crippen LogP contribution is -2.01. The third kappa shape index (κ3) is 8.12. The molecule has 0 radical (unpaired) electrons. The number of hydrogen-bond acceptors (Lipinski definition) is 3. The minimum absolute atomic E-state index is 0.618. The summed E-state index contributed by atoms with van der Waals surface area (Å²) in [5.41, 5.74) is 19.4. The zero-order valence-corrected chi connectivity index (χ0v) is 37.4. The van der Waals surface area contributed by atoms with Gasteiger partial charge in [0.05, 0.1) is 0 Å². The maximum atomic E-state index is 5.28. The Morgan fingerprint density at radius 1 is 0.265 bits per heavy atom. The van der Waals surface area contributed by atoms with Crippen molar-refractivity contribution >= 4 is 16.8 Å². The van der Waals surface area contributed by atoms with Crippen LogP contribution in [0.4, 0.5) is 0 Å². The first-order valence-electron chi connectivity index (χ1n) is 23.4. The molecule has 1 heterocycles.